The number of amides is 1. The van der Waals surface area contributed by atoms with Crippen LogP contribution in [0.1, 0.15) is 20.9 Å². The summed E-state index contributed by atoms with van der Waals surface area (Å²) < 4.78 is 10.8. The summed E-state index contributed by atoms with van der Waals surface area (Å²) >= 11 is 1.74. The zero-order valence-corrected chi connectivity index (χ0v) is 16.5. The van der Waals surface area contributed by atoms with Crippen LogP contribution in [-0.2, 0) is 12.8 Å². The van der Waals surface area contributed by atoms with Gasteiger partial charge in [-0.3, -0.25) is 4.79 Å². The second kappa shape index (κ2) is 6.98. The molecule has 0 saturated carbocycles. The Balaban J connectivity index is 1.29. The molecule has 3 heterocycles. The Kier molecular flexibility index (Phi) is 4.31. The van der Waals surface area contributed by atoms with Gasteiger partial charge in [0.25, 0.3) is 5.91 Å². The van der Waals surface area contributed by atoms with Gasteiger partial charge in [0.15, 0.2) is 11.5 Å². The van der Waals surface area contributed by atoms with Crippen molar-refractivity contribution in [3.63, 3.8) is 0 Å². The van der Waals surface area contributed by atoms with Crippen LogP contribution in [0.4, 0.5) is 5.69 Å². The van der Waals surface area contributed by atoms with E-state index in [2.05, 4.69) is 33.6 Å². The molecule has 1 saturated heterocycles. The summed E-state index contributed by atoms with van der Waals surface area (Å²) in [7, 11) is 1.67. The molecule has 0 atom stereocenters. The molecule has 1 amide bonds. The molecule has 3 aromatic rings. The summed E-state index contributed by atoms with van der Waals surface area (Å²) in [6.07, 6.45) is 1.77. The maximum atomic E-state index is 13.1. The highest BCUT2D eigenvalue weighted by Gasteiger charge is 2.31. The van der Waals surface area contributed by atoms with Gasteiger partial charge in [0.2, 0.25) is 0 Å². The lowest BCUT2D eigenvalue weighted by molar-refractivity contribution is 0.0735. The van der Waals surface area contributed by atoms with E-state index < -0.39 is 0 Å². The SMILES string of the molecule is COc1ccc(N2CCN(C(=O)c3noc4c3CCc3sccc3-4)CC2)cc1. The molecule has 0 spiro atoms. The minimum atomic E-state index is -0.0157. The molecular formula is C21H21N3O3S. The molecule has 1 aromatic carbocycles. The molecule has 0 bridgehead atoms. The molecular weight excluding hydrogens is 374 g/mol. The van der Waals surface area contributed by atoms with E-state index in [1.54, 1.807) is 18.4 Å². The van der Waals surface area contributed by atoms with Crippen molar-refractivity contribution in [2.75, 3.05) is 38.2 Å². The first-order valence-electron chi connectivity index (χ1n) is 9.48. The van der Waals surface area contributed by atoms with E-state index >= 15 is 0 Å². The van der Waals surface area contributed by atoms with Gasteiger partial charge in [-0.1, -0.05) is 5.16 Å². The van der Waals surface area contributed by atoms with Crippen LogP contribution in [0, 0.1) is 0 Å². The summed E-state index contributed by atoms with van der Waals surface area (Å²) in [4.78, 5) is 18.6. The van der Waals surface area contributed by atoms with Gasteiger partial charge in [0.1, 0.15) is 5.75 Å². The second-order valence-corrected chi connectivity index (χ2v) is 8.07. The van der Waals surface area contributed by atoms with Crippen LogP contribution < -0.4 is 9.64 Å². The number of aryl methyl sites for hydroxylation is 1. The maximum Gasteiger partial charge on any atom is 0.276 e. The molecule has 5 rings (SSSR count). The van der Waals surface area contributed by atoms with Crippen LogP contribution in [0.25, 0.3) is 11.3 Å². The van der Waals surface area contributed by atoms with Crippen molar-refractivity contribution >= 4 is 22.9 Å². The first-order valence-corrected chi connectivity index (χ1v) is 10.4. The third kappa shape index (κ3) is 2.86. The lowest BCUT2D eigenvalue weighted by Crippen LogP contribution is -2.49. The number of carbonyl (C=O) groups is 1. The predicted molar refractivity (Wildman–Crippen MR) is 108 cm³/mol. The largest absolute Gasteiger partial charge is 0.497 e. The number of anilines is 1. The summed E-state index contributed by atoms with van der Waals surface area (Å²) in [5, 5.41) is 6.23. The number of piperazine rings is 1. The van der Waals surface area contributed by atoms with Crippen molar-refractivity contribution in [2.24, 2.45) is 0 Å². The Morgan fingerprint density at radius 2 is 1.89 bits per heavy atom. The summed E-state index contributed by atoms with van der Waals surface area (Å²) in [6.45, 7) is 2.95. The van der Waals surface area contributed by atoms with Crippen LogP contribution >= 0.6 is 11.3 Å². The van der Waals surface area contributed by atoms with Gasteiger partial charge in [-0.2, -0.15) is 0 Å². The van der Waals surface area contributed by atoms with Crippen molar-refractivity contribution in [2.45, 2.75) is 12.8 Å². The number of ether oxygens (including phenoxy) is 1. The van der Waals surface area contributed by atoms with E-state index in [9.17, 15) is 4.79 Å². The number of methoxy groups -OCH3 is 1. The Hall–Kier alpha value is -2.80. The van der Waals surface area contributed by atoms with E-state index in [1.165, 1.54) is 4.88 Å². The first-order chi connectivity index (χ1) is 13.7. The maximum absolute atomic E-state index is 13.1. The molecule has 0 N–H and O–H groups in total. The molecule has 1 fully saturated rings. The van der Waals surface area contributed by atoms with Gasteiger partial charge in [-0.15, -0.1) is 11.3 Å². The van der Waals surface area contributed by atoms with Gasteiger partial charge in [0, 0.05) is 47.9 Å². The highest BCUT2D eigenvalue weighted by molar-refractivity contribution is 7.10. The fourth-order valence-corrected chi connectivity index (χ4v) is 4.88. The molecule has 6 nitrogen and oxygen atoms in total. The third-order valence-electron chi connectivity index (χ3n) is 5.59. The van der Waals surface area contributed by atoms with Crippen LogP contribution in [0.5, 0.6) is 5.75 Å². The van der Waals surface area contributed by atoms with E-state index in [-0.39, 0.29) is 5.91 Å². The van der Waals surface area contributed by atoms with E-state index in [0.717, 1.165) is 54.3 Å². The first kappa shape index (κ1) is 17.3. The van der Waals surface area contributed by atoms with E-state index in [1.807, 2.05) is 17.0 Å². The summed E-state index contributed by atoms with van der Waals surface area (Å²) in [6, 6.07) is 10.1. The number of hydrogen-bond donors (Lipinski definition) is 0. The number of rotatable bonds is 3. The Morgan fingerprint density at radius 1 is 1.11 bits per heavy atom. The summed E-state index contributed by atoms with van der Waals surface area (Å²) in [5.41, 5.74) is 3.71. The zero-order valence-electron chi connectivity index (χ0n) is 15.7. The molecule has 7 heteroatoms. The van der Waals surface area contributed by atoms with Gasteiger partial charge in [-0.25, -0.2) is 0 Å². The van der Waals surface area contributed by atoms with E-state index in [4.69, 9.17) is 9.26 Å². The van der Waals surface area contributed by atoms with Crippen molar-refractivity contribution in [1.82, 2.24) is 10.1 Å². The monoisotopic (exact) mass is 395 g/mol. The molecule has 1 aliphatic carbocycles. The number of hydrogen-bond acceptors (Lipinski definition) is 6. The molecule has 0 unspecified atom stereocenters. The second-order valence-electron chi connectivity index (χ2n) is 7.07. The lowest BCUT2D eigenvalue weighted by Gasteiger charge is -2.36. The topological polar surface area (TPSA) is 58.8 Å². The van der Waals surface area contributed by atoms with Crippen molar-refractivity contribution in [3.05, 3.63) is 51.8 Å². The van der Waals surface area contributed by atoms with Crippen LogP contribution in [0.2, 0.25) is 0 Å². The van der Waals surface area contributed by atoms with E-state index in [0.29, 0.717) is 18.8 Å². The number of nitrogens with zero attached hydrogens (tertiary/aromatic N) is 3. The standard InChI is InChI=1S/C21H21N3O3S/c1-26-15-4-2-14(3-5-15)23-9-11-24(12-10-23)21(25)19-17-6-7-18-16(8-13-28-18)20(17)27-22-19/h2-5,8,13H,6-7,9-12H2,1H3. The number of fused-ring (bicyclic) bond motifs is 3. The zero-order chi connectivity index (χ0) is 19.1. The number of aromatic nitrogens is 1. The van der Waals surface area contributed by atoms with Crippen LogP contribution in [0.3, 0.4) is 0 Å². The van der Waals surface area contributed by atoms with Crippen LogP contribution in [0.15, 0.2) is 40.2 Å². The average Bonchev–Trinajstić information content (AvgIpc) is 3.40. The lowest BCUT2D eigenvalue weighted by atomic mass is 9.95. The third-order valence-corrected chi connectivity index (χ3v) is 6.57. The van der Waals surface area contributed by atoms with Gasteiger partial charge in [0.05, 0.1) is 7.11 Å². The molecule has 144 valence electrons. The van der Waals surface area contributed by atoms with Crippen molar-refractivity contribution < 1.29 is 14.1 Å². The minimum absolute atomic E-state index is 0.0157. The fourth-order valence-electron chi connectivity index (χ4n) is 4.01. The molecule has 28 heavy (non-hydrogen) atoms. The quantitative estimate of drug-likeness (QED) is 0.680. The minimum Gasteiger partial charge on any atom is -0.497 e. The fraction of sp³-hybridized carbons (Fsp3) is 0.333. The van der Waals surface area contributed by atoms with Crippen molar-refractivity contribution in [1.29, 1.82) is 0 Å². The molecule has 1 aliphatic heterocycles. The summed E-state index contributed by atoms with van der Waals surface area (Å²) in [5.74, 6) is 1.61. The van der Waals surface area contributed by atoms with Crippen LogP contribution in [-0.4, -0.2) is 49.3 Å². The number of carbonyl (C=O) groups excluding carboxylic acids is 1. The normalized spacial score (nSPS) is 15.9. The van der Waals surface area contributed by atoms with Crippen molar-refractivity contribution in [3.8, 4) is 17.1 Å². The molecule has 2 aliphatic rings. The number of thiophene rings is 1. The molecule has 0 radical (unpaired) electrons. The van der Waals surface area contributed by atoms with Gasteiger partial charge in [-0.05, 0) is 48.6 Å². The molecule has 2 aromatic heterocycles. The Labute approximate surface area is 167 Å². The predicted octanol–water partition coefficient (Wildman–Crippen LogP) is 3.47. The highest BCUT2D eigenvalue weighted by Crippen LogP contribution is 2.38. The van der Waals surface area contributed by atoms with Gasteiger partial charge < -0.3 is 19.1 Å². The Morgan fingerprint density at radius 3 is 2.64 bits per heavy atom. The van der Waals surface area contributed by atoms with Gasteiger partial charge >= 0.3 is 0 Å². The Bertz CT molecular complexity index is 1000. The number of benzene rings is 1. The average molecular weight is 395 g/mol. The highest BCUT2D eigenvalue weighted by atomic mass is 32.1. The smallest absolute Gasteiger partial charge is 0.276 e.